The molecule has 4 rings (SSSR count). The highest BCUT2D eigenvalue weighted by Gasteiger charge is 2.38. The van der Waals surface area contributed by atoms with Crippen LogP contribution >= 0.6 is 22.7 Å². The van der Waals surface area contributed by atoms with Gasteiger partial charge in [0.25, 0.3) is 15.9 Å². The summed E-state index contributed by atoms with van der Waals surface area (Å²) in [6.07, 6.45) is 1.31. The van der Waals surface area contributed by atoms with E-state index in [0.29, 0.717) is 24.4 Å². The van der Waals surface area contributed by atoms with Crippen molar-refractivity contribution in [3.8, 4) is 0 Å². The van der Waals surface area contributed by atoms with Gasteiger partial charge in [-0.15, -0.1) is 21.5 Å². The highest BCUT2D eigenvalue weighted by Crippen LogP contribution is 2.38. The predicted molar refractivity (Wildman–Crippen MR) is 104 cm³/mol. The molecule has 146 valence electrons. The fraction of sp³-hybridized carbons (Fsp3) is 0.235. The normalized spacial score (nSPS) is 17.7. The van der Waals surface area contributed by atoms with Crippen LogP contribution in [0, 0.1) is 5.82 Å². The summed E-state index contributed by atoms with van der Waals surface area (Å²) in [6, 6.07) is 8.63. The third-order valence-corrected chi connectivity index (χ3v) is 8.61. The minimum absolute atomic E-state index is 0.0482. The highest BCUT2D eigenvalue weighted by molar-refractivity contribution is 7.91. The first-order chi connectivity index (χ1) is 13.5. The van der Waals surface area contributed by atoms with Gasteiger partial charge in [0, 0.05) is 6.54 Å². The largest absolute Gasteiger partial charge is 0.317 e. The molecule has 1 amide bonds. The third-order valence-electron chi connectivity index (χ3n) is 4.30. The van der Waals surface area contributed by atoms with Crippen molar-refractivity contribution < 1.29 is 17.6 Å². The average Bonchev–Trinajstić information content (AvgIpc) is 3.43. The Hall–Kier alpha value is -2.21. The summed E-state index contributed by atoms with van der Waals surface area (Å²) < 4.78 is 41.1. The van der Waals surface area contributed by atoms with Crippen LogP contribution in [-0.4, -0.2) is 35.4 Å². The van der Waals surface area contributed by atoms with Gasteiger partial charge in [-0.25, -0.2) is 12.8 Å². The van der Waals surface area contributed by atoms with E-state index in [1.165, 1.54) is 22.5 Å². The van der Waals surface area contributed by atoms with Gasteiger partial charge < -0.3 is 5.32 Å². The molecular formula is C17H15FN4O3S3. The van der Waals surface area contributed by atoms with E-state index < -0.39 is 27.8 Å². The Morgan fingerprint density at radius 3 is 2.79 bits per heavy atom. The van der Waals surface area contributed by atoms with Gasteiger partial charge in [-0.3, -0.25) is 4.79 Å². The number of carbonyl (C=O) groups excluding carboxylic acids is 1. The summed E-state index contributed by atoms with van der Waals surface area (Å²) >= 11 is 2.19. The number of halogens is 1. The minimum Gasteiger partial charge on any atom is -0.317 e. The molecule has 1 fully saturated rings. The lowest BCUT2D eigenvalue weighted by Gasteiger charge is -2.21. The lowest BCUT2D eigenvalue weighted by molar-refractivity contribution is 0.102. The second-order valence-corrected chi connectivity index (χ2v) is 10.2. The molecule has 28 heavy (non-hydrogen) atoms. The molecule has 1 N–H and O–H groups in total. The number of sulfonamides is 1. The topological polar surface area (TPSA) is 92.3 Å². The lowest BCUT2D eigenvalue weighted by Crippen LogP contribution is -2.30. The average molecular weight is 439 g/mol. The van der Waals surface area contributed by atoms with Crippen molar-refractivity contribution in [3.63, 3.8) is 0 Å². The molecule has 0 spiro atoms. The molecule has 0 bridgehead atoms. The predicted octanol–water partition coefficient (Wildman–Crippen LogP) is 3.52. The molecule has 3 heterocycles. The maximum atomic E-state index is 13.7. The Bertz CT molecular complexity index is 1100. The van der Waals surface area contributed by atoms with Crippen molar-refractivity contribution in [1.82, 2.24) is 14.5 Å². The number of thiophene rings is 1. The van der Waals surface area contributed by atoms with Gasteiger partial charge in [0.15, 0.2) is 0 Å². The first-order valence-corrected chi connectivity index (χ1v) is 11.5. The van der Waals surface area contributed by atoms with E-state index in [9.17, 15) is 17.6 Å². The molecule has 0 unspecified atom stereocenters. The maximum absolute atomic E-state index is 13.7. The van der Waals surface area contributed by atoms with Crippen molar-refractivity contribution in [2.24, 2.45) is 0 Å². The third kappa shape index (κ3) is 3.58. The van der Waals surface area contributed by atoms with Crippen LogP contribution in [0.25, 0.3) is 0 Å². The second-order valence-electron chi connectivity index (χ2n) is 6.09. The molecule has 11 heteroatoms. The monoisotopic (exact) mass is 438 g/mol. The number of carbonyl (C=O) groups is 1. The highest BCUT2D eigenvalue weighted by atomic mass is 32.2. The zero-order valence-corrected chi connectivity index (χ0v) is 16.9. The van der Waals surface area contributed by atoms with Crippen molar-refractivity contribution in [2.75, 3.05) is 11.9 Å². The van der Waals surface area contributed by atoms with Gasteiger partial charge in [0.05, 0.1) is 11.7 Å². The Kier molecular flexibility index (Phi) is 5.23. The van der Waals surface area contributed by atoms with Gasteiger partial charge in [-0.2, -0.15) is 4.31 Å². The van der Waals surface area contributed by atoms with E-state index in [0.717, 1.165) is 22.7 Å². The van der Waals surface area contributed by atoms with E-state index in [4.69, 9.17) is 0 Å². The van der Waals surface area contributed by atoms with Gasteiger partial charge in [-0.1, -0.05) is 29.5 Å². The van der Waals surface area contributed by atoms with E-state index in [1.807, 2.05) is 0 Å². The number of para-hydroxylation sites is 1. The first-order valence-electron chi connectivity index (χ1n) is 8.41. The summed E-state index contributed by atoms with van der Waals surface area (Å²) in [5.41, 5.74) is 0.0482. The summed E-state index contributed by atoms with van der Waals surface area (Å²) in [5, 5.41) is 12.6. The number of rotatable bonds is 5. The smallest absolute Gasteiger partial charge is 0.286 e. The molecule has 0 radical (unpaired) electrons. The van der Waals surface area contributed by atoms with Gasteiger partial charge >= 0.3 is 0 Å². The van der Waals surface area contributed by atoms with Gasteiger partial charge in [-0.05, 0) is 36.4 Å². The quantitative estimate of drug-likeness (QED) is 0.658. The Morgan fingerprint density at radius 2 is 2.04 bits per heavy atom. The number of hydrogen-bond donors (Lipinski definition) is 1. The standard InChI is InChI=1S/C17H15FN4O3S3/c18-11-5-1-2-6-12(11)19-15(23)17-21-20-16(27-17)13-7-3-9-22(13)28(24,25)14-8-4-10-26-14/h1-2,4-6,8,10,13H,3,7,9H2,(H,19,23)/t13-/m0/s1. The molecule has 1 atom stereocenters. The number of amides is 1. The summed E-state index contributed by atoms with van der Waals surface area (Å²) in [6.45, 7) is 0.390. The molecule has 0 saturated carbocycles. The summed E-state index contributed by atoms with van der Waals surface area (Å²) in [4.78, 5) is 12.4. The molecule has 2 aromatic heterocycles. The molecule has 1 saturated heterocycles. The molecular weight excluding hydrogens is 423 g/mol. The first kappa shape index (κ1) is 19.1. The fourth-order valence-corrected chi connectivity index (χ4v) is 6.73. The fourth-order valence-electron chi connectivity index (χ4n) is 3.00. The van der Waals surface area contributed by atoms with Crippen LogP contribution in [0.15, 0.2) is 46.0 Å². The number of anilines is 1. The Balaban J connectivity index is 1.55. The van der Waals surface area contributed by atoms with Crippen LogP contribution in [0.5, 0.6) is 0 Å². The molecule has 3 aromatic rings. The lowest BCUT2D eigenvalue weighted by atomic mass is 10.2. The number of benzene rings is 1. The zero-order chi connectivity index (χ0) is 19.7. The molecule has 1 aliphatic heterocycles. The van der Waals surface area contributed by atoms with Crippen LogP contribution in [0.4, 0.5) is 10.1 Å². The van der Waals surface area contributed by atoms with Crippen LogP contribution in [0.1, 0.15) is 33.7 Å². The van der Waals surface area contributed by atoms with Crippen LogP contribution in [0.2, 0.25) is 0 Å². The van der Waals surface area contributed by atoms with E-state index in [2.05, 4.69) is 15.5 Å². The zero-order valence-electron chi connectivity index (χ0n) is 14.4. The SMILES string of the molecule is O=C(Nc1ccccc1F)c1nnc([C@@H]2CCCN2S(=O)(=O)c2cccs2)s1. The van der Waals surface area contributed by atoms with Crippen LogP contribution in [0.3, 0.4) is 0 Å². The second kappa shape index (κ2) is 7.66. The number of nitrogens with zero attached hydrogens (tertiary/aromatic N) is 3. The van der Waals surface area contributed by atoms with Gasteiger partial charge in [0.1, 0.15) is 15.0 Å². The van der Waals surface area contributed by atoms with Crippen molar-refractivity contribution in [2.45, 2.75) is 23.1 Å². The summed E-state index contributed by atoms with van der Waals surface area (Å²) in [5.74, 6) is -1.14. The molecule has 7 nitrogen and oxygen atoms in total. The van der Waals surface area contributed by atoms with Crippen LogP contribution in [-0.2, 0) is 10.0 Å². The number of nitrogens with one attached hydrogen (secondary N) is 1. The number of aromatic nitrogens is 2. The molecule has 1 aliphatic rings. The van der Waals surface area contributed by atoms with Gasteiger partial charge in [0.2, 0.25) is 5.01 Å². The molecule has 1 aromatic carbocycles. The van der Waals surface area contributed by atoms with E-state index in [1.54, 1.807) is 23.6 Å². The van der Waals surface area contributed by atoms with E-state index in [-0.39, 0.29) is 14.9 Å². The van der Waals surface area contributed by atoms with E-state index >= 15 is 0 Å². The van der Waals surface area contributed by atoms with Crippen molar-refractivity contribution in [1.29, 1.82) is 0 Å². The molecule has 0 aliphatic carbocycles. The summed E-state index contributed by atoms with van der Waals surface area (Å²) in [7, 11) is -3.62. The Morgan fingerprint density at radius 1 is 1.21 bits per heavy atom. The van der Waals surface area contributed by atoms with Crippen molar-refractivity contribution >= 4 is 44.3 Å². The minimum atomic E-state index is -3.62. The van der Waals surface area contributed by atoms with Crippen LogP contribution < -0.4 is 5.32 Å². The maximum Gasteiger partial charge on any atom is 0.286 e. The number of hydrogen-bond acceptors (Lipinski definition) is 7. The van der Waals surface area contributed by atoms with Crippen molar-refractivity contribution in [3.05, 3.63) is 57.6 Å². The Labute approximate surface area is 168 Å².